The number of anilines is 1. The summed E-state index contributed by atoms with van der Waals surface area (Å²) in [5.41, 5.74) is 1.64. The Labute approximate surface area is 141 Å². The van der Waals surface area contributed by atoms with Crippen LogP contribution in [0.1, 0.15) is 24.1 Å². The number of thiazole rings is 1. The Kier molecular flexibility index (Phi) is 4.82. The molecule has 2 aromatic rings. The third-order valence-electron chi connectivity index (χ3n) is 3.73. The number of nitrogens with one attached hydrogen (secondary N) is 1. The molecule has 22 heavy (non-hydrogen) atoms. The van der Waals surface area contributed by atoms with Crippen LogP contribution in [0.5, 0.6) is 0 Å². The van der Waals surface area contributed by atoms with Gasteiger partial charge in [0.15, 0.2) is 16.1 Å². The van der Waals surface area contributed by atoms with Gasteiger partial charge in [-0.05, 0) is 43.4 Å². The Balaban J connectivity index is 1.66. The predicted octanol–water partition coefficient (Wildman–Crippen LogP) is 3.55. The van der Waals surface area contributed by atoms with Gasteiger partial charge in [0.25, 0.3) is 0 Å². The van der Waals surface area contributed by atoms with Crippen LogP contribution in [0.25, 0.3) is 0 Å². The maximum absolute atomic E-state index is 12.4. The van der Waals surface area contributed by atoms with Crippen molar-refractivity contribution in [2.45, 2.75) is 37.2 Å². The Morgan fingerprint density at radius 1 is 1.55 bits per heavy atom. The van der Waals surface area contributed by atoms with Gasteiger partial charge in [-0.25, -0.2) is 9.19 Å². The molecule has 2 N–H and O–H groups in total. The lowest BCUT2D eigenvalue weighted by molar-refractivity contribution is 0.151. The molecular formula is C15H17ClN2O2S2. The van der Waals surface area contributed by atoms with E-state index >= 15 is 0 Å². The fourth-order valence-electron chi connectivity index (χ4n) is 2.23. The highest BCUT2D eigenvalue weighted by Crippen LogP contribution is 2.34. The van der Waals surface area contributed by atoms with Crippen molar-refractivity contribution in [1.29, 1.82) is 0 Å². The minimum atomic E-state index is -1.40. The number of aromatic nitrogens is 1. The normalized spacial score (nSPS) is 17.2. The summed E-state index contributed by atoms with van der Waals surface area (Å²) in [5.74, 6) is 0.432. The lowest BCUT2D eigenvalue weighted by Crippen LogP contribution is -2.13. The largest absolute Gasteiger partial charge is 0.392 e. The summed E-state index contributed by atoms with van der Waals surface area (Å²) < 4.78 is 15.3. The molecule has 1 aliphatic carbocycles. The Morgan fingerprint density at radius 3 is 3.05 bits per heavy atom. The van der Waals surface area contributed by atoms with E-state index in [1.807, 2.05) is 12.3 Å². The highest BCUT2D eigenvalue weighted by molar-refractivity contribution is 7.86. The lowest BCUT2D eigenvalue weighted by atomic mass is 10.1. The van der Waals surface area contributed by atoms with Crippen molar-refractivity contribution in [2.75, 3.05) is 4.72 Å². The van der Waals surface area contributed by atoms with Crippen molar-refractivity contribution in [2.24, 2.45) is 5.92 Å². The van der Waals surface area contributed by atoms with Crippen LogP contribution in [0.15, 0.2) is 28.5 Å². The van der Waals surface area contributed by atoms with Gasteiger partial charge in [-0.15, -0.1) is 11.3 Å². The lowest BCUT2D eigenvalue weighted by Gasteiger charge is -2.07. The predicted molar refractivity (Wildman–Crippen MR) is 90.8 cm³/mol. The average molecular weight is 357 g/mol. The van der Waals surface area contributed by atoms with Crippen molar-refractivity contribution < 1.29 is 9.32 Å². The zero-order valence-electron chi connectivity index (χ0n) is 12.1. The second-order valence-corrected chi connectivity index (χ2v) is 7.93. The maximum Gasteiger partial charge on any atom is 0.195 e. The Hall–Kier alpha value is -0.950. The molecule has 0 aliphatic heterocycles. The van der Waals surface area contributed by atoms with E-state index in [4.69, 9.17) is 11.6 Å². The molecule has 0 amide bonds. The van der Waals surface area contributed by atoms with Crippen molar-refractivity contribution in [3.05, 3.63) is 39.9 Å². The molecule has 1 unspecified atom stereocenters. The molecule has 0 spiro atoms. The molecular weight excluding hydrogens is 340 g/mol. The SMILES string of the molecule is Cc1c(Cl)cccc1S(=O)Nc1nc(C[C@H](O)C2CC2)cs1. The summed E-state index contributed by atoms with van der Waals surface area (Å²) in [4.78, 5) is 5.05. The molecule has 1 fully saturated rings. The van der Waals surface area contributed by atoms with E-state index in [0.717, 1.165) is 24.1 Å². The number of hydrogen-bond donors (Lipinski definition) is 2. The second-order valence-electron chi connectivity index (χ2n) is 5.49. The van der Waals surface area contributed by atoms with Crippen LogP contribution < -0.4 is 4.72 Å². The van der Waals surface area contributed by atoms with Gasteiger partial charge in [0.1, 0.15) is 0 Å². The van der Waals surface area contributed by atoms with Gasteiger partial charge in [-0.1, -0.05) is 17.7 Å². The molecule has 0 saturated heterocycles. The molecule has 2 atom stereocenters. The summed E-state index contributed by atoms with van der Waals surface area (Å²) in [6.07, 6.45) is 2.46. The first-order chi connectivity index (χ1) is 10.5. The summed E-state index contributed by atoms with van der Waals surface area (Å²) >= 11 is 7.45. The number of aliphatic hydroxyl groups excluding tert-OH is 1. The summed E-state index contributed by atoms with van der Waals surface area (Å²) in [5, 5.41) is 13.0. The molecule has 4 nitrogen and oxygen atoms in total. The summed E-state index contributed by atoms with van der Waals surface area (Å²) in [7, 11) is -1.40. The summed E-state index contributed by atoms with van der Waals surface area (Å²) in [6.45, 7) is 1.84. The van der Waals surface area contributed by atoms with Crippen LogP contribution in [-0.4, -0.2) is 20.4 Å². The highest BCUT2D eigenvalue weighted by atomic mass is 35.5. The molecule has 3 rings (SSSR count). The standard InChI is InChI=1S/C15H17ClN2O2S2/c1-9-12(16)3-2-4-14(9)22(20)18-15-17-11(8-21-15)7-13(19)10-5-6-10/h2-4,8,10,13,19H,5-7H2,1H3,(H,17,18)/t13-,22?/m0/s1. The molecule has 0 bridgehead atoms. The van der Waals surface area contributed by atoms with Gasteiger partial charge in [-0.2, -0.15) is 0 Å². The van der Waals surface area contributed by atoms with Crippen molar-refractivity contribution >= 4 is 39.1 Å². The van der Waals surface area contributed by atoms with Crippen molar-refractivity contribution in [3.8, 4) is 0 Å². The van der Waals surface area contributed by atoms with Crippen molar-refractivity contribution in [1.82, 2.24) is 4.98 Å². The van der Waals surface area contributed by atoms with E-state index < -0.39 is 11.0 Å². The molecule has 1 heterocycles. The molecule has 0 radical (unpaired) electrons. The zero-order valence-corrected chi connectivity index (χ0v) is 14.5. The zero-order chi connectivity index (χ0) is 15.7. The number of rotatable bonds is 6. The van der Waals surface area contributed by atoms with Gasteiger partial charge in [-0.3, -0.25) is 4.72 Å². The van der Waals surface area contributed by atoms with Crippen LogP contribution in [0.2, 0.25) is 5.02 Å². The molecule has 1 aromatic carbocycles. The third kappa shape index (κ3) is 3.68. The van der Waals surface area contributed by atoms with Crippen LogP contribution in [0.4, 0.5) is 5.13 Å². The minimum absolute atomic E-state index is 0.310. The number of halogens is 1. The van der Waals surface area contributed by atoms with Crippen LogP contribution in [0.3, 0.4) is 0 Å². The maximum atomic E-state index is 12.4. The third-order valence-corrected chi connectivity index (χ3v) is 6.30. The Bertz CT molecular complexity index is 701. The minimum Gasteiger partial charge on any atom is -0.392 e. The van der Waals surface area contributed by atoms with E-state index in [2.05, 4.69) is 9.71 Å². The molecule has 118 valence electrons. The van der Waals surface area contributed by atoms with E-state index in [9.17, 15) is 9.32 Å². The molecule has 1 aliphatic rings. The quantitative estimate of drug-likeness (QED) is 0.832. The molecule has 1 saturated carbocycles. The fraction of sp³-hybridized carbons (Fsp3) is 0.400. The average Bonchev–Trinajstić information content (AvgIpc) is 3.25. The monoisotopic (exact) mass is 356 g/mol. The second kappa shape index (κ2) is 6.66. The van der Waals surface area contributed by atoms with Crippen LogP contribution in [-0.2, 0) is 17.4 Å². The van der Waals surface area contributed by atoms with Gasteiger partial charge in [0.05, 0.1) is 16.7 Å². The highest BCUT2D eigenvalue weighted by Gasteiger charge is 2.30. The smallest absolute Gasteiger partial charge is 0.195 e. The topological polar surface area (TPSA) is 62.2 Å². The first kappa shape index (κ1) is 15.9. The van der Waals surface area contributed by atoms with Crippen LogP contribution >= 0.6 is 22.9 Å². The molecule has 7 heteroatoms. The summed E-state index contributed by atoms with van der Waals surface area (Å²) in [6, 6.07) is 5.34. The van der Waals surface area contributed by atoms with E-state index in [-0.39, 0.29) is 6.10 Å². The van der Waals surface area contributed by atoms with E-state index in [1.165, 1.54) is 11.3 Å². The van der Waals surface area contributed by atoms with Crippen LogP contribution in [0, 0.1) is 12.8 Å². The van der Waals surface area contributed by atoms with Gasteiger partial charge in [0, 0.05) is 16.8 Å². The van der Waals surface area contributed by atoms with Gasteiger partial charge in [0.2, 0.25) is 0 Å². The number of aliphatic hydroxyl groups is 1. The van der Waals surface area contributed by atoms with E-state index in [1.54, 1.807) is 18.2 Å². The number of hydrogen-bond acceptors (Lipinski definition) is 4. The fourth-order valence-corrected chi connectivity index (χ4v) is 4.35. The van der Waals surface area contributed by atoms with E-state index in [0.29, 0.717) is 27.4 Å². The van der Waals surface area contributed by atoms with Gasteiger partial charge >= 0.3 is 0 Å². The number of nitrogens with zero attached hydrogens (tertiary/aromatic N) is 1. The van der Waals surface area contributed by atoms with Gasteiger partial charge < -0.3 is 5.11 Å². The first-order valence-electron chi connectivity index (χ1n) is 7.10. The Morgan fingerprint density at radius 2 is 2.32 bits per heavy atom. The van der Waals surface area contributed by atoms with Crippen molar-refractivity contribution in [3.63, 3.8) is 0 Å². The number of benzene rings is 1. The molecule has 1 aromatic heterocycles. The first-order valence-corrected chi connectivity index (χ1v) is 9.51.